The first-order valence-corrected chi connectivity index (χ1v) is 6.94. The fraction of sp³-hybridized carbons (Fsp3) is 0.438. The summed E-state index contributed by atoms with van der Waals surface area (Å²) in [6.45, 7) is 4.28. The molecule has 0 bridgehead atoms. The summed E-state index contributed by atoms with van der Waals surface area (Å²) in [4.78, 5) is 17.8. The van der Waals surface area contributed by atoms with Gasteiger partial charge >= 0.3 is 0 Å². The molecule has 0 radical (unpaired) electrons. The van der Waals surface area contributed by atoms with Crippen molar-refractivity contribution in [2.45, 2.75) is 39.5 Å². The molecule has 1 aromatic carbocycles. The molecule has 0 aliphatic rings. The van der Waals surface area contributed by atoms with Gasteiger partial charge in [0.25, 0.3) is 5.56 Å². The summed E-state index contributed by atoms with van der Waals surface area (Å²) in [6.07, 6.45) is 3.89. The lowest BCUT2D eigenvalue weighted by atomic mass is 9.98. The third-order valence-corrected chi connectivity index (χ3v) is 3.43. The molecule has 2 rings (SSSR count). The first-order valence-electron chi connectivity index (χ1n) is 6.94. The van der Waals surface area contributed by atoms with Crippen molar-refractivity contribution in [2.75, 3.05) is 7.11 Å². The van der Waals surface area contributed by atoms with Crippen molar-refractivity contribution >= 4 is 10.8 Å². The van der Waals surface area contributed by atoms with E-state index in [2.05, 4.69) is 13.8 Å². The van der Waals surface area contributed by atoms with Crippen molar-refractivity contribution in [1.29, 1.82) is 0 Å². The topological polar surface area (TPSA) is 31.2 Å². The Morgan fingerprint density at radius 3 is 2.26 bits per heavy atom. The van der Waals surface area contributed by atoms with Gasteiger partial charge in [0.05, 0.1) is 11.1 Å². The van der Waals surface area contributed by atoms with Crippen LogP contribution in [-0.4, -0.2) is 11.8 Å². The predicted octanol–water partition coefficient (Wildman–Crippen LogP) is 2.96. The van der Waals surface area contributed by atoms with Crippen LogP contribution in [0.15, 0.2) is 29.1 Å². The number of rotatable bonds is 5. The van der Waals surface area contributed by atoms with Gasteiger partial charge in [0.2, 0.25) is 0 Å². The summed E-state index contributed by atoms with van der Waals surface area (Å²) in [5.74, 6) is 0. The highest BCUT2D eigenvalue weighted by atomic mass is 16.6. The minimum absolute atomic E-state index is 0.0543. The highest BCUT2D eigenvalue weighted by Gasteiger charge is 2.15. The van der Waals surface area contributed by atoms with Crippen molar-refractivity contribution in [2.24, 2.45) is 0 Å². The van der Waals surface area contributed by atoms with Gasteiger partial charge in [-0.2, -0.15) is 0 Å². The fourth-order valence-corrected chi connectivity index (χ4v) is 2.65. The maximum atomic E-state index is 12.4. The fourth-order valence-electron chi connectivity index (χ4n) is 2.65. The van der Waals surface area contributed by atoms with E-state index < -0.39 is 0 Å². The maximum Gasteiger partial charge on any atom is 0.291 e. The largest absolute Gasteiger partial charge is 0.414 e. The summed E-state index contributed by atoms with van der Waals surface area (Å²) in [5.41, 5.74) is 2.22. The number of nitrogens with zero attached hydrogens (tertiary/aromatic N) is 1. The van der Waals surface area contributed by atoms with Gasteiger partial charge in [-0.3, -0.25) is 4.79 Å². The van der Waals surface area contributed by atoms with Crippen LogP contribution in [-0.2, 0) is 12.8 Å². The van der Waals surface area contributed by atoms with E-state index in [-0.39, 0.29) is 5.56 Å². The second-order valence-corrected chi connectivity index (χ2v) is 4.75. The number of aryl methyl sites for hydroxylation is 1. The summed E-state index contributed by atoms with van der Waals surface area (Å²) >= 11 is 0. The lowest BCUT2D eigenvalue weighted by Gasteiger charge is -2.17. The molecule has 1 aromatic heterocycles. The van der Waals surface area contributed by atoms with Crippen LogP contribution >= 0.6 is 0 Å². The molecule has 0 saturated heterocycles. The third kappa shape index (κ3) is 2.37. The second-order valence-electron chi connectivity index (χ2n) is 4.75. The smallest absolute Gasteiger partial charge is 0.291 e. The Kier molecular flexibility index (Phi) is 4.25. The average Bonchev–Trinajstić information content (AvgIpc) is 2.44. The van der Waals surface area contributed by atoms with E-state index in [0.717, 1.165) is 42.1 Å². The van der Waals surface area contributed by atoms with Gasteiger partial charge in [0.1, 0.15) is 7.11 Å². The van der Waals surface area contributed by atoms with Crippen LogP contribution < -0.4 is 10.4 Å². The molecule has 2 aromatic rings. The molecular formula is C16H21NO2. The van der Waals surface area contributed by atoms with E-state index in [1.54, 1.807) is 7.11 Å². The number of benzene rings is 1. The average molecular weight is 259 g/mol. The lowest BCUT2D eigenvalue weighted by Crippen LogP contribution is -2.29. The molecule has 102 valence electrons. The van der Waals surface area contributed by atoms with E-state index in [0.29, 0.717) is 0 Å². The number of pyridine rings is 1. The molecule has 3 heteroatoms. The molecule has 0 unspecified atom stereocenters. The van der Waals surface area contributed by atoms with Crippen molar-refractivity contribution < 1.29 is 4.84 Å². The van der Waals surface area contributed by atoms with Gasteiger partial charge in [0, 0.05) is 0 Å². The van der Waals surface area contributed by atoms with E-state index in [9.17, 15) is 4.79 Å². The molecule has 0 saturated carbocycles. The molecule has 3 nitrogen and oxygen atoms in total. The number of hydrogen-bond donors (Lipinski definition) is 0. The Balaban J connectivity index is 2.86. The van der Waals surface area contributed by atoms with Crippen LogP contribution in [0.25, 0.3) is 10.8 Å². The zero-order chi connectivity index (χ0) is 13.8. The molecular weight excluding hydrogens is 238 g/mol. The van der Waals surface area contributed by atoms with Gasteiger partial charge in [-0.1, -0.05) is 44.9 Å². The quantitative estimate of drug-likeness (QED) is 0.826. The van der Waals surface area contributed by atoms with Crippen LogP contribution in [0.1, 0.15) is 37.9 Å². The second kappa shape index (κ2) is 5.91. The van der Waals surface area contributed by atoms with Crippen LogP contribution in [0.4, 0.5) is 0 Å². The third-order valence-electron chi connectivity index (χ3n) is 3.43. The summed E-state index contributed by atoms with van der Waals surface area (Å²) in [7, 11) is 1.56. The maximum absolute atomic E-state index is 12.4. The first kappa shape index (κ1) is 13.7. The molecule has 19 heavy (non-hydrogen) atoms. The van der Waals surface area contributed by atoms with Gasteiger partial charge in [-0.05, 0) is 29.9 Å². The molecule has 0 fully saturated rings. The zero-order valence-corrected chi connectivity index (χ0v) is 11.9. The first-order chi connectivity index (χ1) is 9.24. The van der Waals surface area contributed by atoms with Gasteiger partial charge < -0.3 is 4.84 Å². The molecule has 1 heterocycles. The Morgan fingerprint density at radius 2 is 1.68 bits per heavy atom. The van der Waals surface area contributed by atoms with Crippen LogP contribution in [0, 0.1) is 0 Å². The highest BCUT2D eigenvalue weighted by Crippen LogP contribution is 2.22. The number of aromatic nitrogens is 1. The van der Waals surface area contributed by atoms with Crippen molar-refractivity contribution in [1.82, 2.24) is 4.73 Å². The van der Waals surface area contributed by atoms with Crippen molar-refractivity contribution in [3.8, 4) is 0 Å². The lowest BCUT2D eigenvalue weighted by molar-refractivity contribution is 0.149. The van der Waals surface area contributed by atoms with Crippen LogP contribution in [0.2, 0.25) is 0 Å². The van der Waals surface area contributed by atoms with Gasteiger partial charge in [-0.15, -0.1) is 4.73 Å². The zero-order valence-electron chi connectivity index (χ0n) is 11.9. The van der Waals surface area contributed by atoms with E-state index in [1.165, 1.54) is 10.3 Å². The molecule has 0 spiro atoms. The predicted molar refractivity (Wildman–Crippen MR) is 78.7 cm³/mol. The summed E-state index contributed by atoms with van der Waals surface area (Å²) in [6, 6.07) is 7.82. The van der Waals surface area contributed by atoms with Crippen molar-refractivity contribution in [3.63, 3.8) is 0 Å². The van der Waals surface area contributed by atoms with Crippen LogP contribution in [0.3, 0.4) is 0 Å². The molecule has 0 atom stereocenters. The number of hydrogen-bond acceptors (Lipinski definition) is 2. The normalized spacial score (nSPS) is 10.9. The highest BCUT2D eigenvalue weighted by molar-refractivity contribution is 5.85. The molecule has 0 N–H and O–H groups in total. The van der Waals surface area contributed by atoms with Gasteiger partial charge in [-0.25, -0.2) is 0 Å². The SMILES string of the molecule is CCCc1c(CCC)n(OC)c(=O)c2ccccc12. The molecule has 0 aliphatic carbocycles. The van der Waals surface area contributed by atoms with Crippen molar-refractivity contribution in [3.05, 3.63) is 45.9 Å². The van der Waals surface area contributed by atoms with Crippen LogP contribution in [0.5, 0.6) is 0 Å². The number of fused-ring (bicyclic) bond motifs is 1. The minimum atomic E-state index is -0.0543. The Hall–Kier alpha value is -1.77. The van der Waals surface area contributed by atoms with E-state index >= 15 is 0 Å². The Morgan fingerprint density at radius 1 is 1.05 bits per heavy atom. The monoisotopic (exact) mass is 259 g/mol. The Labute approximate surface area is 113 Å². The molecule has 0 amide bonds. The van der Waals surface area contributed by atoms with E-state index in [1.807, 2.05) is 24.3 Å². The minimum Gasteiger partial charge on any atom is -0.414 e. The molecule has 0 aliphatic heterocycles. The summed E-state index contributed by atoms with van der Waals surface area (Å²) in [5, 5.41) is 1.82. The summed E-state index contributed by atoms with van der Waals surface area (Å²) < 4.78 is 1.47. The van der Waals surface area contributed by atoms with Gasteiger partial charge in [0.15, 0.2) is 0 Å². The standard InChI is InChI=1S/C16H21NO2/c1-4-8-13-12-10-6-7-11-14(12)16(18)17(19-3)15(13)9-5-2/h6-7,10-11H,4-5,8-9H2,1-3H3. The Bertz CT molecular complexity index is 628. The van der Waals surface area contributed by atoms with E-state index in [4.69, 9.17) is 4.84 Å².